The monoisotopic (exact) mass is 277 g/mol. The van der Waals surface area contributed by atoms with Crippen LogP contribution in [0.4, 0.5) is 0 Å². The Morgan fingerprint density at radius 2 is 1.43 bits per heavy atom. The van der Waals surface area contributed by atoms with E-state index in [2.05, 4.69) is 32.1 Å². The van der Waals surface area contributed by atoms with Crippen molar-refractivity contribution in [2.75, 3.05) is 0 Å². The first-order valence-corrected chi connectivity index (χ1v) is 7.32. The number of benzene rings is 2. The fourth-order valence-corrected chi connectivity index (χ4v) is 2.31. The number of aliphatic imine (C=N–C) groups is 1. The Morgan fingerprint density at radius 1 is 0.857 bits per heavy atom. The highest BCUT2D eigenvalue weighted by Crippen LogP contribution is 2.26. The first-order valence-electron chi connectivity index (χ1n) is 7.32. The van der Waals surface area contributed by atoms with Crippen molar-refractivity contribution < 1.29 is 4.74 Å². The highest BCUT2D eigenvalue weighted by atomic mass is 16.5. The normalized spacial score (nSPS) is 18.0. The van der Waals surface area contributed by atoms with Crippen molar-refractivity contribution in [1.29, 1.82) is 0 Å². The Kier molecular flexibility index (Phi) is 3.87. The predicted octanol–water partition coefficient (Wildman–Crippen LogP) is 4.53. The van der Waals surface area contributed by atoms with Gasteiger partial charge in [0.25, 0.3) is 0 Å². The van der Waals surface area contributed by atoms with Gasteiger partial charge in [-0.05, 0) is 24.1 Å². The predicted molar refractivity (Wildman–Crippen MR) is 87.1 cm³/mol. The maximum Gasteiger partial charge on any atom is 0.222 e. The van der Waals surface area contributed by atoms with Crippen LogP contribution in [0.3, 0.4) is 0 Å². The van der Waals surface area contributed by atoms with Gasteiger partial charge in [0.1, 0.15) is 5.76 Å². The molecular formula is C19H19NO. The molecule has 0 radical (unpaired) electrons. The molecule has 2 aromatic rings. The first-order chi connectivity index (χ1) is 10.2. The van der Waals surface area contributed by atoms with E-state index < -0.39 is 0 Å². The second kappa shape index (κ2) is 5.96. The molecule has 0 amide bonds. The van der Waals surface area contributed by atoms with Gasteiger partial charge < -0.3 is 4.74 Å². The molecule has 1 heterocycles. The van der Waals surface area contributed by atoms with Crippen LogP contribution in [0.2, 0.25) is 0 Å². The summed E-state index contributed by atoms with van der Waals surface area (Å²) in [6.45, 7) is 4.36. The van der Waals surface area contributed by atoms with Crippen molar-refractivity contribution in [3.8, 4) is 0 Å². The van der Waals surface area contributed by atoms with Crippen LogP contribution in [0.5, 0.6) is 0 Å². The average Bonchev–Trinajstić information content (AvgIpc) is 2.56. The summed E-state index contributed by atoms with van der Waals surface area (Å²) in [5.74, 6) is 2.03. The van der Waals surface area contributed by atoms with Crippen LogP contribution in [-0.4, -0.2) is 11.9 Å². The zero-order valence-corrected chi connectivity index (χ0v) is 12.4. The topological polar surface area (TPSA) is 21.6 Å². The number of nitrogens with zero attached hydrogens (tertiary/aromatic N) is 1. The van der Waals surface area contributed by atoms with Gasteiger partial charge >= 0.3 is 0 Å². The van der Waals surface area contributed by atoms with Gasteiger partial charge in [0.05, 0.1) is 6.04 Å². The van der Waals surface area contributed by atoms with Crippen molar-refractivity contribution >= 4 is 11.7 Å². The number of hydrogen-bond acceptors (Lipinski definition) is 2. The Balaban J connectivity index is 1.97. The largest absolute Gasteiger partial charge is 0.438 e. The highest BCUT2D eigenvalue weighted by Gasteiger charge is 2.21. The van der Waals surface area contributed by atoms with Gasteiger partial charge in [0.2, 0.25) is 5.90 Å². The van der Waals surface area contributed by atoms with Crippen LogP contribution in [0, 0.1) is 5.92 Å². The van der Waals surface area contributed by atoms with Gasteiger partial charge in [-0.3, -0.25) is 0 Å². The Bertz CT molecular complexity index is 601. The lowest BCUT2D eigenvalue weighted by Gasteiger charge is -2.23. The second-order valence-electron chi connectivity index (χ2n) is 5.53. The van der Waals surface area contributed by atoms with Crippen molar-refractivity contribution in [3.63, 3.8) is 0 Å². The van der Waals surface area contributed by atoms with E-state index in [0.29, 0.717) is 11.8 Å². The molecule has 1 atom stereocenters. The molecule has 1 aliphatic heterocycles. The van der Waals surface area contributed by atoms with E-state index in [-0.39, 0.29) is 6.04 Å². The maximum absolute atomic E-state index is 6.05. The van der Waals surface area contributed by atoms with E-state index in [4.69, 9.17) is 9.73 Å². The van der Waals surface area contributed by atoms with Gasteiger partial charge in [-0.25, -0.2) is 4.99 Å². The molecule has 2 nitrogen and oxygen atoms in total. The van der Waals surface area contributed by atoms with Crippen LogP contribution < -0.4 is 0 Å². The quantitative estimate of drug-likeness (QED) is 0.807. The third-order valence-corrected chi connectivity index (χ3v) is 3.56. The first kappa shape index (κ1) is 13.6. The third kappa shape index (κ3) is 3.05. The molecule has 3 rings (SSSR count). The summed E-state index contributed by atoms with van der Waals surface area (Å²) in [6, 6.07) is 20.4. The summed E-state index contributed by atoms with van der Waals surface area (Å²) in [5.41, 5.74) is 2.11. The molecule has 0 spiro atoms. The molecule has 2 heteroatoms. The minimum absolute atomic E-state index is 0.143. The molecule has 0 fully saturated rings. The Hall–Kier alpha value is -2.35. The van der Waals surface area contributed by atoms with Gasteiger partial charge in [-0.15, -0.1) is 0 Å². The fourth-order valence-electron chi connectivity index (χ4n) is 2.31. The Morgan fingerprint density at radius 3 is 2.00 bits per heavy atom. The summed E-state index contributed by atoms with van der Waals surface area (Å²) in [7, 11) is 0. The average molecular weight is 277 g/mol. The van der Waals surface area contributed by atoms with Crippen LogP contribution >= 0.6 is 0 Å². The SMILES string of the molecule is CC(C)C1C=C(c2ccccc2)OC(c2ccccc2)=N1. The van der Waals surface area contributed by atoms with Crippen LogP contribution in [-0.2, 0) is 4.74 Å². The van der Waals surface area contributed by atoms with E-state index in [9.17, 15) is 0 Å². The van der Waals surface area contributed by atoms with E-state index >= 15 is 0 Å². The summed E-state index contributed by atoms with van der Waals surface area (Å²) < 4.78 is 6.05. The molecule has 0 aromatic heterocycles. The lowest BCUT2D eigenvalue weighted by Crippen LogP contribution is -2.21. The molecule has 0 saturated carbocycles. The van der Waals surface area contributed by atoms with E-state index in [0.717, 1.165) is 16.9 Å². The van der Waals surface area contributed by atoms with Crippen molar-refractivity contribution in [3.05, 3.63) is 77.9 Å². The minimum Gasteiger partial charge on any atom is -0.438 e. The molecule has 0 bridgehead atoms. The van der Waals surface area contributed by atoms with Gasteiger partial charge in [-0.1, -0.05) is 62.4 Å². The lowest BCUT2D eigenvalue weighted by atomic mass is 10.0. The third-order valence-electron chi connectivity index (χ3n) is 3.56. The summed E-state index contributed by atoms with van der Waals surface area (Å²) in [5, 5.41) is 0. The summed E-state index contributed by atoms with van der Waals surface area (Å²) in [6.07, 6.45) is 2.12. The van der Waals surface area contributed by atoms with Crippen molar-refractivity contribution in [2.24, 2.45) is 10.9 Å². The molecule has 21 heavy (non-hydrogen) atoms. The number of rotatable bonds is 3. The molecule has 1 unspecified atom stereocenters. The number of hydrogen-bond donors (Lipinski definition) is 0. The maximum atomic E-state index is 6.05. The van der Waals surface area contributed by atoms with Crippen molar-refractivity contribution in [2.45, 2.75) is 19.9 Å². The van der Waals surface area contributed by atoms with Crippen LogP contribution in [0.25, 0.3) is 5.76 Å². The van der Waals surface area contributed by atoms with E-state index in [1.165, 1.54) is 0 Å². The second-order valence-corrected chi connectivity index (χ2v) is 5.53. The van der Waals surface area contributed by atoms with Crippen molar-refractivity contribution in [1.82, 2.24) is 0 Å². The highest BCUT2D eigenvalue weighted by molar-refractivity contribution is 5.98. The van der Waals surface area contributed by atoms with Gasteiger partial charge in [0.15, 0.2) is 0 Å². The molecule has 0 N–H and O–H groups in total. The molecule has 106 valence electrons. The van der Waals surface area contributed by atoms with Gasteiger partial charge in [0, 0.05) is 11.1 Å². The van der Waals surface area contributed by atoms with E-state index in [1.54, 1.807) is 0 Å². The van der Waals surface area contributed by atoms with Crippen LogP contribution in [0.1, 0.15) is 25.0 Å². The minimum atomic E-state index is 0.143. The molecule has 0 aliphatic carbocycles. The summed E-state index contributed by atoms with van der Waals surface area (Å²) >= 11 is 0. The fraction of sp³-hybridized carbons (Fsp3) is 0.211. The number of ether oxygens (including phenoxy) is 1. The smallest absolute Gasteiger partial charge is 0.222 e. The molecule has 1 aliphatic rings. The summed E-state index contributed by atoms with van der Waals surface area (Å²) in [4.78, 5) is 4.75. The standard InChI is InChI=1S/C19H19NO/c1-14(2)17-13-18(15-9-5-3-6-10-15)21-19(20-17)16-11-7-4-8-12-16/h3-14,17H,1-2H3. The van der Waals surface area contributed by atoms with Gasteiger partial charge in [-0.2, -0.15) is 0 Å². The lowest BCUT2D eigenvalue weighted by molar-refractivity contribution is 0.458. The zero-order valence-electron chi connectivity index (χ0n) is 12.4. The zero-order chi connectivity index (χ0) is 14.7. The molecular weight excluding hydrogens is 258 g/mol. The van der Waals surface area contributed by atoms with E-state index in [1.807, 2.05) is 48.5 Å². The Labute approximate surface area is 125 Å². The van der Waals surface area contributed by atoms with Crippen LogP contribution in [0.15, 0.2) is 71.7 Å². The molecule has 0 saturated heterocycles. The molecule has 2 aromatic carbocycles.